The van der Waals surface area contributed by atoms with Gasteiger partial charge in [0.15, 0.2) is 0 Å². The molecule has 0 aromatic heterocycles. The number of aliphatic hydroxyl groups excluding tert-OH is 1. The molecule has 1 unspecified atom stereocenters. The minimum absolute atomic E-state index is 0.0218. The lowest BCUT2D eigenvalue weighted by atomic mass is 9.98. The van der Waals surface area contributed by atoms with E-state index in [0.717, 1.165) is 29.3 Å². The molecule has 0 heterocycles. The van der Waals surface area contributed by atoms with Crippen molar-refractivity contribution in [2.24, 2.45) is 0 Å². The topological polar surface area (TPSA) is 20.2 Å². The molecule has 1 atom stereocenters. The first-order chi connectivity index (χ1) is 9.08. The van der Waals surface area contributed by atoms with Crippen molar-refractivity contribution in [3.8, 4) is 0 Å². The van der Waals surface area contributed by atoms with Gasteiger partial charge in [0, 0.05) is 5.56 Å². The molecule has 0 aliphatic heterocycles. The Labute approximate surface area is 111 Å². The standard InChI is InChI=1S/C16H16F2O/c1-11-4-2-3-5-12(11)6-9-16(19)14-10-13(17)7-8-15(14)18/h2-5,7-8,10,16,19H,6,9H2,1H3. The molecule has 0 aliphatic rings. The molecule has 1 nitrogen and oxygen atoms in total. The minimum Gasteiger partial charge on any atom is -0.388 e. The molecule has 0 saturated heterocycles. The van der Waals surface area contributed by atoms with Crippen LogP contribution in [0.15, 0.2) is 42.5 Å². The molecule has 0 bridgehead atoms. The molecule has 2 aromatic carbocycles. The van der Waals surface area contributed by atoms with Crippen molar-refractivity contribution >= 4 is 0 Å². The van der Waals surface area contributed by atoms with E-state index in [4.69, 9.17) is 0 Å². The molecule has 0 radical (unpaired) electrons. The maximum absolute atomic E-state index is 13.5. The Balaban J connectivity index is 2.07. The summed E-state index contributed by atoms with van der Waals surface area (Å²) in [7, 11) is 0. The van der Waals surface area contributed by atoms with E-state index < -0.39 is 17.7 Å². The Morgan fingerprint density at radius 1 is 1.11 bits per heavy atom. The molecule has 100 valence electrons. The second-order valence-corrected chi connectivity index (χ2v) is 4.65. The molecule has 0 spiro atoms. The van der Waals surface area contributed by atoms with Gasteiger partial charge in [-0.05, 0) is 49.1 Å². The summed E-state index contributed by atoms with van der Waals surface area (Å²) in [4.78, 5) is 0. The molecule has 0 aliphatic carbocycles. The third kappa shape index (κ3) is 3.38. The van der Waals surface area contributed by atoms with E-state index in [1.165, 1.54) is 0 Å². The van der Waals surface area contributed by atoms with Gasteiger partial charge < -0.3 is 5.11 Å². The van der Waals surface area contributed by atoms with Gasteiger partial charge in [0.1, 0.15) is 11.6 Å². The van der Waals surface area contributed by atoms with Crippen LogP contribution >= 0.6 is 0 Å². The van der Waals surface area contributed by atoms with Crippen LogP contribution in [0.4, 0.5) is 8.78 Å². The van der Waals surface area contributed by atoms with E-state index in [9.17, 15) is 13.9 Å². The first-order valence-corrected chi connectivity index (χ1v) is 6.25. The molecule has 3 heteroatoms. The number of benzene rings is 2. The van der Waals surface area contributed by atoms with Crippen LogP contribution in [0.2, 0.25) is 0 Å². The SMILES string of the molecule is Cc1ccccc1CCC(O)c1cc(F)ccc1F. The van der Waals surface area contributed by atoms with Crippen LogP contribution in [0, 0.1) is 18.6 Å². The molecule has 2 aromatic rings. The number of aliphatic hydroxyl groups is 1. The number of aryl methyl sites for hydroxylation is 2. The fourth-order valence-corrected chi connectivity index (χ4v) is 2.11. The lowest BCUT2D eigenvalue weighted by Crippen LogP contribution is -2.03. The number of rotatable bonds is 4. The van der Waals surface area contributed by atoms with Crippen LogP contribution in [0.3, 0.4) is 0 Å². The highest BCUT2D eigenvalue weighted by atomic mass is 19.1. The third-order valence-electron chi connectivity index (χ3n) is 3.27. The minimum atomic E-state index is -0.990. The van der Waals surface area contributed by atoms with Gasteiger partial charge in [0.2, 0.25) is 0 Å². The maximum atomic E-state index is 13.5. The molecular weight excluding hydrogens is 246 g/mol. The quantitative estimate of drug-likeness (QED) is 0.884. The van der Waals surface area contributed by atoms with Gasteiger partial charge >= 0.3 is 0 Å². The molecule has 0 saturated carbocycles. The highest BCUT2D eigenvalue weighted by Crippen LogP contribution is 2.23. The summed E-state index contributed by atoms with van der Waals surface area (Å²) in [6.45, 7) is 1.99. The first-order valence-electron chi connectivity index (χ1n) is 6.25. The normalized spacial score (nSPS) is 12.4. The summed E-state index contributed by atoms with van der Waals surface area (Å²) in [5, 5.41) is 9.97. The predicted molar refractivity (Wildman–Crippen MR) is 70.8 cm³/mol. The fourth-order valence-electron chi connectivity index (χ4n) is 2.11. The average molecular weight is 262 g/mol. The van der Waals surface area contributed by atoms with Gasteiger partial charge in [-0.25, -0.2) is 8.78 Å². The molecule has 0 fully saturated rings. The Kier molecular flexibility index (Phi) is 4.27. The summed E-state index contributed by atoms with van der Waals surface area (Å²) >= 11 is 0. The fraction of sp³-hybridized carbons (Fsp3) is 0.250. The van der Waals surface area contributed by atoms with Gasteiger partial charge in [0.25, 0.3) is 0 Å². The zero-order valence-electron chi connectivity index (χ0n) is 10.7. The zero-order valence-corrected chi connectivity index (χ0v) is 10.7. The van der Waals surface area contributed by atoms with Crippen molar-refractivity contribution in [2.45, 2.75) is 25.9 Å². The molecular formula is C16H16F2O. The number of hydrogen-bond donors (Lipinski definition) is 1. The van der Waals surface area contributed by atoms with E-state index >= 15 is 0 Å². The van der Waals surface area contributed by atoms with Gasteiger partial charge in [-0.15, -0.1) is 0 Å². The van der Waals surface area contributed by atoms with Crippen molar-refractivity contribution < 1.29 is 13.9 Å². The van der Waals surface area contributed by atoms with Crippen molar-refractivity contribution in [3.05, 3.63) is 70.8 Å². The summed E-state index contributed by atoms with van der Waals surface area (Å²) in [5.41, 5.74) is 2.27. The van der Waals surface area contributed by atoms with Gasteiger partial charge in [-0.2, -0.15) is 0 Å². The molecule has 2 rings (SSSR count). The molecule has 1 N–H and O–H groups in total. The molecule has 0 amide bonds. The smallest absolute Gasteiger partial charge is 0.129 e. The van der Waals surface area contributed by atoms with E-state index in [0.29, 0.717) is 12.8 Å². The number of hydrogen-bond acceptors (Lipinski definition) is 1. The van der Waals surface area contributed by atoms with Crippen LogP contribution in [-0.2, 0) is 6.42 Å². The first kappa shape index (κ1) is 13.7. The van der Waals surface area contributed by atoms with E-state index in [1.54, 1.807) is 0 Å². The van der Waals surface area contributed by atoms with Crippen molar-refractivity contribution in [1.82, 2.24) is 0 Å². The maximum Gasteiger partial charge on any atom is 0.129 e. The Bertz CT molecular complexity index is 566. The van der Waals surface area contributed by atoms with Crippen molar-refractivity contribution in [2.75, 3.05) is 0 Å². The van der Waals surface area contributed by atoms with E-state index in [2.05, 4.69) is 0 Å². The monoisotopic (exact) mass is 262 g/mol. The molecule has 19 heavy (non-hydrogen) atoms. The van der Waals surface area contributed by atoms with Gasteiger partial charge in [-0.3, -0.25) is 0 Å². The second-order valence-electron chi connectivity index (χ2n) is 4.65. The summed E-state index contributed by atoms with van der Waals surface area (Å²) < 4.78 is 26.6. The van der Waals surface area contributed by atoms with Gasteiger partial charge in [0.05, 0.1) is 6.10 Å². The zero-order chi connectivity index (χ0) is 13.8. The van der Waals surface area contributed by atoms with Crippen LogP contribution < -0.4 is 0 Å². The summed E-state index contributed by atoms with van der Waals surface area (Å²) in [5.74, 6) is -1.11. The summed E-state index contributed by atoms with van der Waals surface area (Å²) in [6.07, 6.45) is 0.00460. The average Bonchev–Trinajstić information content (AvgIpc) is 2.40. The van der Waals surface area contributed by atoms with Gasteiger partial charge in [-0.1, -0.05) is 24.3 Å². The van der Waals surface area contributed by atoms with Crippen molar-refractivity contribution in [1.29, 1.82) is 0 Å². The second kappa shape index (κ2) is 5.93. The Hall–Kier alpha value is -1.74. The van der Waals surface area contributed by atoms with Crippen LogP contribution in [0.5, 0.6) is 0 Å². The highest BCUT2D eigenvalue weighted by molar-refractivity contribution is 5.26. The third-order valence-corrected chi connectivity index (χ3v) is 3.27. The predicted octanol–water partition coefficient (Wildman–Crippen LogP) is 3.94. The Morgan fingerprint density at radius 2 is 1.84 bits per heavy atom. The van der Waals surface area contributed by atoms with Crippen molar-refractivity contribution in [3.63, 3.8) is 0 Å². The van der Waals surface area contributed by atoms with Crippen LogP contribution in [0.1, 0.15) is 29.2 Å². The largest absolute Gasteiger partial charge is 0.388 e. The Morgan fingerprint density at radius 3 is 2.58 bits per heavy atom. The van der Waals surface area contributed by atoms with E-state index in [1.807, 2.05) is 31.2 Å². The number of halogens is 2. The van der Waals surface area contributed by atoms with Crippen LogP contribution in [-0.4, -0.2) is 5.11 Å². The summed E-state index contributed by atoms with van der Waals surface area (Å²) in [6, 6.07) is 11.0. The highest BCUT2D eigenvalue weighted by Gasteiger charge is 2.14. The lowest BCUT2D eigenvalue weighted by Gasteiger charge is -2.13. The van der Waals surface area contributed by atoms with Crippen LogP contribution in [0.25, 0.3) is 0 Å². The van der Waals surface area contributed by atoms with E-state index in [-0.39, 0.29) is 5.56 Å². The lowest BCUT2D eigenvalue weighted by molar-refractivity contribution is 0.162.